The number of amidine groups is 1. The third-order valence-corrected chi connectivity index (χ3v) is 2.10. The number of carbonyl (C=O) groups excluding carboxylic acids is 1. The van der Waals surface area contributed by atoms with Crippen molar-refractivity contribution < 1.29 is 9.66 Å². The van der Waals surface area contributed by atoms with Gasteiger partial charge in [0.1, 0.15) is 17.0 Å². The SMILES string of the molecule is O=C1CN=C2c3cncnc3[N+](=O)N12. The van der Waals surface area contributed by atoms with E-state index in [2.05, 4.69) is 15.0 Å². The molecule has 2 aliphatic heterocycles. The summed E-state index contributed by atoms with van der Waals surface area (Å²) in [6.07, 6.45) is 2.74. The number of aromatic nitrogens is 2. The lowest BCUT2D eigenvalue weighted by Crippen LogP contribution is -2.33. The Morgan fingerprint density at radius 1 is 1.50 bits per heavy atom. The fraction of sp³-hybridized carbons (Fsp3) is 0.143. The molecule has 0 aliphatic carbocycles. The van der Waals surface area contributed by atoms with Crippen LogP contribution in [0.25, 0.3) is 0 Å². The van der Waals surface area contributed by atoms with Crippen molar-refractivity contribution in [3.05, 3.63) is 23.0 Å². The van der Waals surface area contributed by atoms with Crippen LogP contribution in [0.5, 0.6) is 0 Å². The van der Waals surface area contributed by atoms with Crippen LogP contribution < -0.4 is 0 Å². The van der Waals surface area contributed by atoms with Crippen molar-refractivity contribution in [1.82, 2.24) is 15.0 Å². The molecule has 0 saturated carbocycles. The van der Waals surface area contributed by atoms with Gasteiger partial charge in [-0.05, 0) is 9.89 Å². The molecule has 0 atom stereocenters. The first-order valence-electron chi connectivity index (χ1n) is 3.94. The van der Waals surface area contributed by atoms with Gasteiger partial charge in [-0.2, -0.15) is 0 Å². The molecule has 0 saturated heterocycles. The fourth-order valence-corrected chi connectivity index (χ4v) is 1.51. The van der Waals surface area contributed by atoms with E-state index in [1.807, 2.05) is 0 Å². The van der Waals surface area contributed by atoms with Gasteiger partial charge in [0.15, 0.2) is 5.84 Å². The molecule has 14 heavy (non-hydrogen) atoms. The Bertz CT molecular complexity index is 495. The van der Waals surface area contributed by atoms with Gasteiger partial charge in [-0.15, -0.1) is 0 Å². The molecule has 3 heterocycles. The lowest BCUT2D eigenvalue weighted by molar-refractivity contribution is -0.589. The topological polar surface area (TPSA) is 78.5 Å². The quantitative estimate of drug-likeness (QED) is 0.512. The highest BCUT2D eigenvalue weighted by Gasteiger charge is 2.48. The first kappa shape index (κ1) is 7.25. The number of hydrazine groups is 1. The molecule has 7 nitrogen and oxygen atoms in total. The minimum absolute atomic E-state index is 0.0163. The summed E-state index contributed by atoms with van der Waals surface area (Å²) >= 11 is 0. The highest BCUT2D eigenvalue weighted by Crippen LogP contribution is 2.28. The highest BCUT2D eigenvalue weighted by molar-refractivity contribution is 6.14. The smallest absolute Gasteiger partial charge is 0.268 e. The van der Waals surface area contributed by atoms with E-state index < -0.39 is 0 Å². The molecule has 1 amide bonds. The average Bonchev–Trinajstić information content (AvgIpc) is 2.70. The minimum atomic E-state index is -0.340. The summed E-state index contributed by atoms with van der Waals surface area (Å²) in [5, 5.41) is 0.972. The van der Waals surface area contributed by atoms with Gasteiger partial charge in [0.25, 0.3) is 5.91 Å². The van der Waals surface area contributed by atoms with E-state index in [0.717, 1.165) is 5.01 Å². The van der Waals surface area contributed by atoms with Crippen LogP contribution in [-0.2, 0) is 4.79 Å². The maximum atomic E-state index is 11.5. The predicted molar refractivity (Wildman–Crippen MR) is 43.6 cm³/mol. The number of hydrogen-bond donors (Lipinski definition) is 0. The first-order valence-corrected chi connectivity index (χ1v) is 3.94. The summed E-state index contributed by atoms with van der Waals surface area (Å²) in [6.45, 7) is 0.0163. The Kier molecular flexibility index (Phi) is 1.13. The van der Waals surface area contributed by atoms with Gasteiger partial charge in [-0.25, -0.2) is 4.98 Å². The number of rotatable bonds is 0. The Morgan fingerprint density at radius 2 is 2.36 bits per heavy atom. The third kappa shape index (κ3) is 0.668. The van der Waals surface area contributed by atoms with Crippen molar-refractivity contribution in [1.29, 1.82) is 0 Å². The second-order valence-electron chi connectivity index (χ2n) is 2.88. The molecule has 7 heteroatoms. The van der Waals surface area contributed by atoms with Crippen molar-refractivity contribution in [3.8, 4) is 0 Å². The zero-order valence-corrected chi connectivity index (χ0v) is 6.91. The van der Waals surface area contributed by atoms with E-state index >= 15 is 0 Å². The molecular formula is C7H4N5O2+. The summed E-state index contributed by atoms with van der Waals surface area (Å²) in [6, 6.07) is 0. The Balaban J connectivity index is 2.29. The van der Waals surface area contributed by atoms with Crippen molar-refractivity contribution in [2.75, 3.05) is 6.54 Å². The summed E-state index contributed by atoms with van der Waals surface area (Å²) in [4.78, 5) is 34.8. The number of nitrogens with zero attached hydrogens (tertiary/aromatic N) is 5. The molecule has 0 N–H and O–H groups in total. The molecular weight excluding hydrogens is 186 g/mol. The average molecular weight is 190 g/mol. The van der Waals surface area contributed by atoms with Crippen LogP contribution in [0.3, 0.4) is 0 Å². The Morgan fingerprint density at radius 3 is 3.21 bits per heavy atom. The summed E-state index contributed by atoms with van der Waals surface area (Å²) in [7, 11) is 0. The van der Waals surface area contributed by atoms with Gasteiger partial charge in [0, 0.05) is 0 Å². The van der Waals surface area contributed by atoms with E-state index in [9.17, 15) is 9.70 Å². The normalized spacial score (nSPS) is 18.3. The zero-order chi connectivity index (χ0) is 9.71. The lowest BCUT2D eigenvalue weighted by atomic mass is 10.3. The number of hydrogen-bond acceptors (Lipinski definition) is 5. The van der Waals surface area contributed by atoms with E-state index in [1.165, 1.54) is 12.5 Å². The zero-order valence-electron chi connectivity index (χ0n) is 6.91. The molecule has 0 bridgehead atoms. The maximum absolute atomic E-state index is 11.5. The van der Waals surface area contributed by atoms with E-state index in [0.29, 0.717) is 16.3 Å². The number of nitroso groups, excluding NO2 is 1. The molecule has 0 radical (unpaired) electrons. The fourth-order valence-electron chi connectivity index (χ4n) is 1.51. The first-order chi connectivity index (χ1) is 6.79. The number of amides is 1. The molecule has 0 aromatic carbocycles. The van der Waals surface area contributed by atoms with Crippen LogP contribution >= 0.6 is 0 Å². The maximum Gasteiger partial charge on any atom is 0.403 e. The summed E-state index contributed by atoms with van der Waals surface area (Å²) in [5.41, 5.74) is 0.508. The van der Waals surface area contributed by atoms with Crippen molar-refractivity contribution in [2.45, 2.75) is 0 Å². The highest BCUT2D eigenvalue weighted by atomic mass is 16.3. The Labute approximate surface area is 77.6 Å². The molecule has 0 spiro atoms. The largest absolute Gasteiger partial charge is 0.403 e. The molecule has 1 aromatic rings. The predicted octanol–water partition coefficient (Wildman–Crippen LogP) is -0.596. The molecule has 0 unspecified atom stereocenters. The molecule has 0 fully saturated rings. The van der Waals surface area contributed by atoms with Gasteiger partial charge in [-0.1, -0.05) is 5.01 Å². The van der Waals surface area contributed by atoms with Crippen LogP contribution in [0.1, 0.15) is 5.56 Å². The van der Waals surface area contributed by atoms with Crippen LogP contribution in [-0.4, -0.2) is 38.1 Å². The number of aliphatic imine (C=N–C) groups is 1. The van der Waals surface area contributed by atoms with Gasteiger partial charge >= 0.3 is 5.82 Å². The molecule has 3 rings (SSSR count). The van der Waals surface area contributed by atoms with Crippen molar-refractivity contribution >= 4 is 17.6 Å². The van der Waals surface area contributed by atoms with Gasteiger partial charge in [0.2, 0.25) is 6.33 Å². The van der Waals surface area contributed by atoms with Gasteiger partial charge < -0.3 is 0 Å². The van der Waals surface area contributed by atoms with Crippen LogP contribution in [0.15, 0.2) is 17.5 Å². The summed E-state index contributed by atoms with van der Waals surface area (Å²) < 4.78 is 0. The Hall–Kier alpha value is -2.18. The van der Waals surface area contributed by atoms with E-state index in [4.69, 9.17) is 0 Å². The monoisotopic (exact) mass is 190 g/mol. The van der Waals surface area contributed by atoms with Crippen LogP contribution in [0, 0.1) is 4.91 Å². The molecule has 68 valence electrons. The van der Waals surface area contributed by atoms with E-state index in [1.54, 1.807) is 0 Å². The van der Waals surface area contributed by atoms with Gasteiger partial charge in [0.05, 0.1) is 6.20 Å². The number of fused-ring (bicyclic) bond motifs is 3. The van der Waals surface area contributed by atoms with Crippen LogP contribution in [0.4, 0.5) is 5.82 Å². The second-order valence-corrected chi connectivity index (χ2v) is 2.88. The second kappa shape index (κ2) is 2.19. The molecule has 2 aliphatic rings. The molecule has 1 aromatic heterocycles. The standard InChI is InChI=1S/C7H4N5O2/c13-5-2-9-6-4-1-8-3-10-7(4)12(14)11(5)6/h1,3H,2H2/q+1. The third-order valence-electron chi connectivity index (χ3n) is 2.10. The van der Waals surface area contributed by atoms with Crippen LogP contribution in [0.2, 0.25) is 0 Å². The van der Waals surface area contributed by atoms with Crippen molar-refractivity contribution in [3.63, 3.8) is 0 Å². The summed E-state index contributed by atoms with van der Waals surface area (Å²) in [5.74, 6) is 0.181. The minimum Gasteiger partial charge on any atom is -0.268 e. The van der Waals surface area contributed by atoms with Crippen molar-refractivity contribution in [2.24, 2.45) is 4.99 Å². The van der Waals surface area contributed by atoms with Gasteiger partial charge in [-0.3, -0.25) is 9.79 Å². The lowest BCUT2D eigenvalue weighted by Gasteiger charge is -1.99. The number of carbonyl (C=O) groups is 1. The van der Waals surface area contributed by atoms with E-state index in [-0.39, 0.29) is 18.3 Å².